The van der Waals surface area contributed by atoms with Crippen LogP contribution in [0, 0.1) is 0 Å². The SMILES string of the molecule is CC1CNCc2c1n(C)c1ccc(Br)cc21. The number of hydrogen-bond donors (Lipinski definition) is 1. The molecule has 1 N–H and O–H groups in total. The summed E-state index contributed by atoms with van der Waals surface area (Å²) in [6.45, 7) is 4.37. The molecule has 1 aromatic carbocycles. The zero-order valence-electron chi connectivity index (χ0n) is 9.55. The number of nitrogens with one attached hydrogen (secondary N) is 1. The third kappa shape index (κ3) is 1.35. The van der Waals surface area contributed by atoms with Crippen LogP contribution in [0.5, 0.6) is 0 Å². The summed E-state index contributed by atoms with van der Waals surface area (Å²) in [5, 5.41) is 4.87. The highest BCUT2D eigenvalue weighted by atomic mass is 79.9. The zero-order valence-corrected chi connectivity index (χ0v) is 11.1. The van der Waals surface area contributed by atoms with Gasteiger partial charge < -0.3 is 9.88 Å². The van der Waals surface area contributed by atoms with Crippen LogP contribution in [-0.4, -0.2) is 11.1 Å². The molecule has 1 aliphatic heterocycles. The molecule has 3 heteroatoms. The van der Waals surface area contributed by atoms with Crippen LogP contribution in [0.15, 0.2) is 22.7 Å². The maximum absolute atomic E-state index is 3.55. The van der Waals surface area contributed by atoms with Crippen LogP contribution in [0.4, 0.5) is 0 Å². The van der Waals surface area contributed by atoms with E-state index in [1.165, 1.54) is 22.2 Å². The third-order valence-corrected chi connectivity index (χ3v) is 4.03. The molecule has 84 valence electrons. The van der Waals surface area contributed by atoms with Crippen molar-refractivity contribution in [2.45, 2.75) is 19.4 Å². The number of hydrogen-bond acceptors (Lipinski definition) is 1. The lowest BCUT2D eigenvalue weighted by Crippen LogP contribution is -2.27. The Kier molecular flexibility index (Phi) is 2.33. The number of rotatable bonds is 0. The molecule has 3 rings (SSSR count). The summed E-state index contributed by atoms with van der Waals surface area (Å²) >= 11 is 3.55. The molecular formula is C13H15BrN2. The molecule has 0 aliphatic carbocycles. The summed E-state index contributed by atoms with van der Waals surface area (Å²) in [7, 11) is 2.18. The van der Waals surface area contributed by atoms with E-state index in [2.05, 4.69) is 58.0 Å². The Hall–Kier alpha value is -0.800. The first-order valence-electron chi connectivity index (χ1n) is 5.66. The molecule has 2 heterocycles. The highest BCUT2D eigenvalue weighted by Crippen LogP contribution is 2.33. The lowest BCUT2D eigenvalue weighted by molar-refractivity contribution is 0.548. The molecule has 2 nitrogen and oxygen atoms in total. The first kappa shape index (κ1) is 10.4. The first-order chi connectivity index (χ1) is 7.68. The summed E-state index contributed by atoms with van der Waals surface area (Å²) in [5.74, 6) is 0.597. The van der Waals surface area contributed by atoms with E-state index in [0.717, 1.165) is 17.6 Å². The van der Waals surface area contributed by atoms with Crippen molar-refractivity contribution in [3.05, 3.63) is 33.9 Å². The fourth-order valence-electron chi connectivity index (χ4n) is 2.84. The summed E-state index contributed by atoms with van der Waals surface area (Å²) in [5.41, 5.74) is 4.30. The Morgan fingerprint density at radius 3 is 3.06 bits per heavy atom. The Labute approximate surface area is 104 Å². The van der Waals surface area contributed by atoms with Crippen LogP contribution >= 0.6 is 15.9 Å². The summed E-state index contributed by atoms with van der Waals surface area (Å²) in [6.07, 6.45) is 0. The van der Waals surface area contributed by atoms with Crippen LogP contribution in [0.2, 0.25) is 0 Å². The molecule has 0 spiro atoms. The van der Waals surface area contributed by atoms with Crippen LogP contribution in [0.1, 0.15) is 24.1 Å². The van der Waals surface area contributed by atoms with Gasteiger partial charge in [0.25, 0.3) is 0 Å². The summed E-state index contributed by atoms with van der Waals surface area (Å²) in [6, 6.07) is 6.55. The Morgan fingerprint density at radius 2 is 2.25 bits per heavy atom. The number of fused-ring (bicyclic) bond motifs is 3. The van der Waals surface area contributed by atoms with E-state index in [9.17, 15) is 0 Å². The summed E-state index contributed by atoms with van der Waals surface area (Å²) < 4.78 is 3.51. The van der Waals surface area contributed by atoms with E-state index in [-0.39, 0.29) is 0 Å². The average Bonchev–Trinajstić information content (AvgIpc) is 2.54. The average molecular weight is 279 g/mol. The highest BCUT2D eigenvalue weighted by Gasteiger charge is 2.23. The van der Waals surface area contributed by atoms with Crippen LogP contribution in [-0.2, 0) is 13.6 Å². The van der Waals surface area contributed by atoms with Crippen molar-refractivity contribution >= 4 is 26.8 Å². The predicted octanol–water partition coefficient (Wildman–Crippen LogP) is 3.15. The van der Waals surface area contributed by atoms with Crippen LogP contribution in [0.25, 0.3) is 10.9 Å². The summed E-state index contributed by atoms with van der Waals surface area (Å²) in [4.78, 5) is 0. The minimum absolute atomic E-state index is 0.597. The van der Waals surface area contributed by atoms with Gasteiger partial charge in [0.1, 0.15) is 0 Å². The largest absolute Gasteiger partial charge is 0.347 e. The lowest BCUT2D eigenvalue weighted by Gasteiger charge is -2.22. The third-order valence-electron chi connectivity index (χ3n) is 3.53. The maximum atomic E-state index is 3.55. The molecule has 0 fully saturated rings. The van der Waals surface area contributed by atoms with Gasteiger partial charge in [0.2, 0.25) is 0 Å². The Bertz CT molecular complexity index is 557. The standard InChI is InChI=1S/C13H15BrN2/c1-8-6-15-7-11-10-5-9(14)3-4-12(10)16(2)13(8)11/h3-5,8,15H,6-7H2,1-2H3. The molecule has 0 saturated heterocycles. The molecule has 0 radical (unpaired) electrons. The number of benzene rings is 1. The minimum atomic E-state index is 0.597. The van der Waals surface area contributed by atoms with Crippen molar-refractivity contribution in [2.24, 2.45) is 7.05 Å². The van der Waals surface area contributed by atoms with Gasteiger partial charge in [-0.2, -0.15) is 0 Å². The molecule has 1 atom stereocenters. The molecular weight excluding hydrogens is 264 g/mol. The molecule has 0 amide bonds. The topological polar surface area (TPSA) is 17.0 Å². The molecule has 0 saturated carbocycles. The molecule has 1 aromatic heterocycles. The number of aryl methyl sites for hydroxylation is 1. The van der Waals surface area contributed by atoms with Crippen molar-refractivity contribution < 1.29 is 0 Å². The minimum Gasteiger partial charge on any atom is -0.347 e. The van der Waals surface area contributed by atoms with Crippen molar-refractivity contribution in [3.63, 3.8) is 0 Å². The molecule has 16 heavy (non-hydrogen) atoms. The number of nitrogens with zero attached hydrogens (tertiary/aromatic N) is 1. The monoisotopic (exact) mass is 278 g/mol. The van der Waals surface area contributed by atoms with Crippen LogP contribution in [0.3, 0.4) is 0 Å². The van der Waals surface area contributed by atoms with Crippen molar-refractivity contribution in [2.75, 3.05) is 6.54 Å². The fraction of sp³-hybridized carbons (Fsp3) is 0.385. The highest BCUT2D eigenvalue weighted by molar-refractivity contribution is 9.10. The smallest absolute Gasteiger partial charge is 0.0484 e. The second-order valence-corrected chi connectivity index (χ2v) is 5.53. The number of aromatic nitrogens is 1. The van der Waals surface area contributed by atoms with E-state index < -0.39 is 0 Å². The quantitative estimate of drug-likeness (QED) is 0.784. The first-order valence-corrected chi connectivity index (χ1v) is 6.45. The fourth-order valence-corrected chi connectivity index (χ4v) is 3.20. The van der Waals surface area contributed by atoms with Crippen molar-refractivity contribution in [1.29, 1.82) is 0 Å². The zero-order chi connectivity index (χ0) is 11.3. The maximum Gasteiger partial charge on any atom is 0.0484 e. The van der Waals surface area contributed by atoms with Gasteiger partial charge in [-0.1, -0.05) is 22.9 Å². The van der Waals surface area contributed by atoms with Gasteiger partial charge in [-0.15, -0.1) is 0 Å². The second-order valence-electron chi connectivity index (χ2n) is 4.62. The van der Waals surface area contributed by atoms with Gasteiger partial charge in [0, 0.05) is 47.1 Å². The normalized spacial score (nSPS) is 20.1. The second kappa shape index (κ2) is 3.60. The van der Waals surface area contributed by atoms with Gasteiger partial charge in [0.05, 0.1) is 0 Å². The van der Waals surface area contributed by atoms with Gasteiger partial charge >= 0.3 is 0 Å². The van der Waals surface area contributed by atoms with Gasteiger partial charge in [-0.3, -0.25) is 0 Å². The Morgan fingerprint density at radius 1 is 1.44 bits per heavy atom. The predicted molar refractivity (Wildman–Crippen MR) is 70.7 cm³/mol. The molecule has 1 unspecified atom stereocenters. The van der Waals surface area contributed by atoms with Crippen molar-refractivity contribution in [3.8, 4) is 0 Å². The van der Waals surface area contributed by atoms with E-state index in [1.807, 2.05) is 0 Å². The molecule has 2 aromatic rings. The van der Waals surface area contributed by atoms with Crippen LogP contribution < -0.4 is 5.32 Å². The van der Waals surface area contributed by atoms with Gasteiger partial charge in [0.15, 0.2) is 0 Å². The van der Waals surface area contributed by atoms with Gasteiger partial charge in [-0.05, 0) is 23.8 Å². The molecule has 1 aliphatic rings. The van der Waals surface area contributed by atoms with E-state index in [4.69, 9.17) is 0 Å². The van der Waals surface area contributed by atoms with Gasteiger partial charge in [-0.25, -0.2) is 0 Å². The van der Waals surface area contributed by atoms with Crippen molar-refractivity contribution in [1.82, 2.24) is 9.88 Å². The molecule has 0 bridgehead atoms. The van der Waals surface area contributed by atoms with E-state index in [1.54, 1.807) is 0 Å². The van der Waals surface area contributed by atoms with E-state index >= 15 is 0 Å². The van der Waals surface area contributed by atoms with E-state index in [0.29, 0.717) is 5.92 Å². The Balaban J connectivity index is 2.39. The lowest BCUT2D eigenvalue weighted by atomic mass is 9.98. The number of halogens is 1.